The lowest BCUT2D eigenvalue weighted by molar-refractivity contribution is -0.136. The molecule has 0 saturated heterocycles. The van der Waals surface area contributed by atoms with Crippen LogP contribution >= 0.6 is 22.6 Å². The van der Waals surface area contributed by atoms with Gasteiger partial charge < -0.3 is 14.8 Å². The molecule has 4 rings (SSSR count). The number of carbonyl (C=O) groups excluding carboxylic acids is 2. The van der Waals surface area contributed by atoms with Crippen LogP contribution in [0.3, 0.4) is 0 Å². The monoisotopic (exact) mass is 427 g/mol. The Kier molecular flexibility index (Phi) is 3.49. The molecule has 118 valence electrons. The van der Waals surface area contributed by atoms with Crippen molar-refractivity contribution >= 4 is 34.3 Å². The van der Waals surface area contributed by atoms with Gasteiger partial charge in [-0.3, -0.25) is 4.79 Å². The molecule has 0 aromatic heterocycles. The maximum atomic E-state index is 13.6. The van der Waals surface area contributed by atoms with Gasteiger partial charge in [0.2, 0.25) is 0 Å². The summed E-state index contributed by atoms with van der Waals surface area (Å²) in [7, 11) is 0. The van der Waals surface area contributed by atoms with E-state index >= 15 is 0 Å². The first kappa shape index (κ1) is 14.8. The number of hydrogen-bond acceptors (Lipinski definition) is 5. The fraction of sp³-hybridized carbons (Fsp3) is 0.250. The summed E-state index contributed by atoms with van der Waals surface area (Å²) in [5.41, 5.74) is 2.95. The van der Waals surface area contributed by atoms with Gasteiger partial charge >= 0.3 is 5.97 Å². The molecule has 0 aliphatic carbocycles. The number of halogens is 2. The molecule has 0 spiro atoms. The molecule has 0 bridgehead atoms. The Morgan fingerprint density at radius 3 is 2.70 bits per heavy atom. The highest BCUT2D eigenvalue weighted by Crippen LogP contribution is 2.42. The maximum absolute atomic E-state index is 13.6. The molecule has 7 heteroatoms. The van der Waals surface area contributed by atoms with E-state index in [0.717, 1.165) is 0 Å². The molecule has 1 aromatic rings. The van der Waals surface area contributed by atoms with Gasteiger partial charge in [0.1, 0.15) is 19.0 Å². The van der Waals surface area contributed by atoms with E-state index in [2.05, 4.69) is 5.32 Å². The van der Waals surface area contributed by atoms with E-state index in [1.54, 1.807) is 12.1 Å². The Morgan fingerprint density at radius 1 is 1.13 bits per heavy atom. The predicted octanol–water partition coefficient (Wildman–Crippen LogP) is 1.78. The summed E-state index contributed by atoms with van der Waals surface area (Å²) in [6.45, 7) is 0.404. The molecule has 3 aliphatic heterocycles. The molecule has 0 radical (unpaired) electrons. The molecule has 1 aromatic carbocycles. The second kappa shape index (κ2) is 5.41. The van der Waals surface area contributed by atoms with Crippen molar-refractivity contribution in [3.8, 4) is 0 Å². The van der Waals surface area contributed by atoms with Gasteiger partial charge in [-0.05, 0) is 40.3 Å². The van der Waals surface area contributed by atoms with Gasteiger partial charge in [-0.25, -0.2) is 9.18 Å². The highest BCUT2D eigenvalue weighted by Gasteiger charge is 2.43. The summed E-state index contributed by atoms with van der Waals surface area (Å²) < 4.78 is 24.4. The molecular weight excluding hydrogens is 416 g/mol. The number of esters is 1. The molecule has 0 amide bonds. The first-order chi connectivity index (χ1) is 11.1. The maximum Gasteiger partial charge on any atom is 0.337 e. The number of dihydropyridines is 1. The van der Waals surface area contributed by atoms with Crippen molar-refractivity contribution in [2.75, 3.05) is 19.8 Å². The smallest absolute Gasteiger partial charge is 0.337 e. The number of nitrogens with one attached hydrogen (secondary N) is 1. The van der Waals surface area contributed by atoms with Crippen LogP contribution in [-0.4, -0.2) is 31.6 Å². The molecule has 5 nitrogen and oxygen atoms in total. The zero-order chi connectivity index (χ0) is 16.1. The molecule has 1 atom stereocenters. The minimum absolute atomic E-state index is 0.0209. The normalized spacial score (nSPS) is 23.5. The quantitative estimate of drug-likeness (QED) is 0.547. The Balaban J connectivity index is 1.91. The van der Waals surface area contributed by atoms with Crippen LogP contribution in [0.25, 0.3) is 0 Å². The van der Waals surface area contributed by atoms with Crippen molar-refractivity contribution < 1.29 is 23.5 Å². The fourth-order valence-electron chi connectivity index (χ4n) is 3.17. The van der Waals surface area contributed by atoms with Crippen molar-refractivity contribution in [1.82, 2.24) is 5.32 Å². The predicted molar refractivity (Wildman–Crippen MR) is 85.8 cm³/mol. The molecule has 3 aliphatic rings. The number of rotatable bonds is 1. The van der Waals surface area contributed by atoms with Crippen LogP contribution in [0.5, 0.6) is 0 Å². The third kappa shape index (κ3) is 2.29. The minimum Gasteiger partial charge on any atom is -0.456 e. The van der Waals surface area contributed by atoms with Gasteiger partial charge in [0, 0.05) is 20.8 Å². The van der Waals surface area contributed by atoms with Gasteiger partial charge in [-0.2, -0.15) is 0 Å². The van der Waals surface area contributed by atoms with E-state index < -0.39 is 11.9 Å². The van der Waals surface area contributed by atoms with Gasteiger partial charge in [0.25, 0.3) is 0 Å². The molecule has 23 heavy (non-hydrogen) atoms. The number of hydrogen-bond donors (Lipinski definition) is 1. The largest absolute Gasteiger partial charge is 0.456 e. The summed E-state index contributed by atoms with van der Waals surface area (Å²) in [5.74, 6) is -1.49. The van der Waals surface area contributed by atoms with Gasteiger partial charge in [0.05, 0.1) is 17.9 Å². The number of ketones is 1. The van der Waals surface area contributed by atoms with E-state index in [0.29, 0.717) is 31.7 Å². The minimum atomic E-state index is -0.540. The number of carbonyl (C=O) groups is 2. The summed E-state index contributed by atoms with van der Waals surface area (Å²) in [4.78, 5) is 24.5. The Morgan fingerprint density at radius 2 is 1.91 bits per heavy atom. The SMILES string of the molecule is O=C1COCC2=C1C(c1ccc(F)c(I)c1)C1=C(COC1=O)N2. The molecule has 0 saturated carbocycles. The number of cyclic esters (lactones) is 1. The van der Waals surface area contributed by atoms with Crippen molar-refractivity contribution in [1.29, 1.82) is 0 Å². The highest BCUT2D eigenvalue weighted by molar-refractivity contribution is 14.1. The van der Waals surface area contributed by atoms with Crippen LogP contribution in [0.2, 0.25) is 0 Å². The molecule has 1 unspecified atom stereocenters. The lowest BCUT2D eigenvalue weighted by Gasteiger charge is -2.31. The van der Waals surface area contributed by atoms with Crippen molar-refractivity contribution in [3.63, 3.8) is 0 Å². The second-order valence-electron chi connectivity index (χ2n) is 5.51. The third-order valence-corrected chi connectivity index (χ3v) is 4.98. The zero-order valence-corrected chi connectivity index (χ0v) is 14.0. The van der Waals surface area contributed by atoms with E-state index in [-0.39, 0.29) is 31.4 Å². The fourth-order valence-corrected chi connectivity index (χ4v) is 3.71. The topological polar surface area (TPSA) is 64.6 Å². The van der Waals surface area contributed by atoms with Crippen LogP contribution in [0, 0.1) is 9.39 Å². The van der Waals surface area contributed by atoms with E-state index in [1.165, 1.54) is 6.07 Å². The summed E-state index contributed by atoms with van der Waals surface area (Å²) in [6.07, 6.45) is 0. The number of benzene rings is 1. The molecule has 3 heterocycles. The van der Waals surface area contributed by atoms with Crippen LogP contribution < -0.4 is 5.32 Å². The van der Waals surface area contributed by atoms with E-state index in [9.17, 15) is 14.0 Å². The standard InChI is InChI=1S/C16H11FINO4/c17-8-2-1-7(3-9(8)18)13-14-10(4-22-6-12(14)20)19-11-5-23-16(21)15(11)13/h1-3,13,19H,4-6H2. The first-order valence-electron chi connectivity index (χ1n) is 7.02. The first-order valence-corrected chi connectivity index (χ1v) is 8.10. The van der Waals surface area contributed by atoms with E-state index in [4.69, 9.17) is 9.47 Å². The van der Waals surface area contributed by atoms with Crippen molar-refractivity contribution in [2.45, 2.75) is 5.92 Å². The van der Waals surface area contributed by atoms with Gasteiger partial charge in [0.15, 0.2) is 5.78 Å². The van der Waals surface area contributed by atoms with Gasteiger partial charge in [-0.1, -0.05) is 6.07 Å². The summed E-state index contributed by atoms with van der Waals surface area (Å²) in [6, 6.07) is 4.62. The summed E-state index contributed by atoms with van der Waals surface area (Å²) in [5, 5.41) is 3.10. The average molecular weight is 427 g/mol. The summed E-state index contributed by atoms with van der Waals surface area (Å²) >= 11 is 1.90. The Bertz CT molecular complexity index is 814. The van der Waals surface area contributed by atoms with Crippen LogP contribution in [0.15, 0.2) is 40.7 Å². The number of Topliss-reactive ketones (excluding diaryl/α,β-unsaturated/α-hetero) is 1. The molecule has 1 N–H and O–H groups in total. The van der Waals surface area contributed by atoms with Crippen LogP contribution in [0.4, 0.5) is 4.39 Å². The lowest BCUT2D eigenvalue weighted by atomic mass is 9.78. The molecular formula is C16H11FINO4. The number of ether oxygens (including phenoxy) is 2. The molecule has 0 fully saturated rings. The zero-order valence-electron chi connectivity index (χ0n) is 11.8. The Labute approximate surface area is 144 Å². The average Bonchev–Trinajstić information content (AvgIpc) is 2.90. The van der Waals surface area contributed by atoms with Crippen molar-refractivity contribution in [3.05, 3.63) is 55.7 Å². The van der Waals surface area contributed by atoms with E-state index in [1.807, 2.05) is 22.6 Å². The van der Waals surface area contributed by atoms with Crippen molar-refractivity contribution in [2.24, 2.45) is 0 Å². The van der Waals surface area contributed by atoms with Gasteiger partial charge in [-0.15, -0.1) is 0 Å². The van der Waals surface area contributed by atoms with Crippen LogP contribution in [-0.2, 0) is 19.1 Å². The third-order valence-electron chi connectivity index (χ3n) is 4.15. The Hall–Kier alpha value is -1.74. The van der Waals surface area contributed by atoms with Crippen LogP contribution in [0.1, 0.15) is 11.5 Å². The second-order valence-corrected chi connectivity index (χ2v) is 6.67. The highest BCUT2D eigenvalue weighted by atomic mass is 127. The lowest BCUT2D eigenvalue weighted by Crippen LogP contribution is -2.37.